The molecule has 0 spiro atoms. The van der Waals surface area contributed by atoms with E-state index in [1.807, 2.05) is 54.6 Å². The number of methoxy groups -OCH3 is 1. The van der Waals surface area contributed by atoms with Crippen LogP contribution in [0.4, 0.5) is 21.9 Å². The minimum Gasteiger partial charge on any atom is -0.495 e. The molecule has 0 saturated heterocycles. The van der Waals surface area contributed by atoms with Crippen LogP contribution in [-0.4, -0.2) is 24.8 Å². The minimum atomic E-state index is -0.312. The van der Waals surface area contributed by atoms with Crippen LogP contribution in [0.3, 0.4) is 0 Å². The molecule has 0 fully saturated rings. The molecule has 0 bridgehead atoms. The fraction of sp³-hybridized carbons (Fsp3) is 0.0909. The third-order valence-corrected chi connectivity index (χ3v) is 4.91. The van der Waals surface area contributed by atoms with Gasteiger partial charge >= 0.3 is 6.03 Å². The molecule has 7 heteroatoms. The monoisotopic (exact) mass is 407 g/mol. The van der Waals surface area contributed by atoms with Gasteiger partial charge in [0.2, 0.25) is 5.91 Å². The smallest absolute Gasteiger partial charge is 0.323 e. The molecule has 29 heavy (non-hydrogen) atoms. The maximum atomic E-state index is 12.2. The van der Waals surface area contributed by atoms with Crippen LogP contribution in [0, 0.1) is 0 Å². The molecule has 0 aromatic heterocycles. The summed E-state index contributed by atoms with van der Waals surface area (Å²) in [5.41, 5.74) is 2.03. The predicted octanol–water partition coefficient (Wildman–Crippen LogP) is 5.07. The third-order valence-electron chi connectivity index (χ3n) is 3.89. The highest BCUT2D eigenvalue weighted by molar-refractivity contribution is 8.00. The van der Waals surface area contributed by atoms with E-state index in [-0.39, 0.29) is 17.7 Å². The Morgan fingerprint density at radius 1 is 0.793 bits per heavy atom. The van der Waals surface area contributed by atoms with Gasteiger partial charge in [-0.1, -0.05) is 30.3 Å². The zero-order chi connectivity index (χ0) is 20.5. The molecule has 0 aliphatic heterocycles. The van der Waals surface area contributed by atoms with E-state index in [0.29, 0.717) is 17.1 Å². The van der Waals surface area contributed by atoms with Crippen molar-refractivity contribution in [3.05, 3.63) is 78.9 Å². The van der Waals surface area contributed by atoms with Crippen LogP contribution >= 0.6 is 11.8 Å². The Morgan fingerprint density at radius 3 is 2.10 bits per heavy atom. The Balaban J connectivity index is 1.47. The lowest BCUT2D eigenvalue weighted by Crippen LogP contribution is -2.19. The first-order valence-electron chi connectivity index (χ1n) is 8.93. The van der Waals surface area contributed by atoms with Crippen molar-refractivity contribution in [2.45, 2.75) is 4.90 Å². The number of hydrogen-bond acceptors (Lipinski definition) is 4. The van der Waals surface area contributed by atoms with E-state index in [1.54, 1.807) is 31.4 Å². The largest absolute Gasteiger partial charge is 0.495 e. The van der Waals surface area contributed by atoms with Gasteiger partial charge < -0.3 is 20.7 Å². The van der Waals surface area contributed by atoms with E-state index in [9.17, 15) is 9.59 Å². The van der Waals surface area contributed by atoms with Gasteiger partial charge in [0, 0.05) is 16.3 Å². The molecule has 0 unspecified atom stereocenters. The molecule has 0 heterocycles. The Hall–Kier alpha value is -3.45. The highest BCUT2D eigenvalue weighted by Crippen LogP contribution is 2.24. The number of carbonyl (C=O) groups is 2. The van der Waals surface area contributed by atoms with Crippen molar-refractivity contribution in [1.82, 2.24) is 0 Å². The summed E-state index contributed by atoms with van der Waals surface area (Å²) in [5, 5.41) is 8.38. The Morgan fingerprint density at radius 2 is 1.41 bits per heavy atom. The lowest BCUT2D eigenvalue weighted by molar-refractivity contribution is -0.113. The number of anilines is 3. The number of hydrogen-bond donors (Lipinski definition) is 3. The molecule has 0 aliphatic rings. The van der Waals surface area contributed by atoms with Crippen molar-refractivity contribution < 1.29 is 14.3 Å². The summed E-state index contributed by atoms with van der Waals surface area (Å²) in [5.74, 6) is 0.762. The summed E-state index contributed by atoms with van der Waals surface area (Å²) in [6.45, 7) is 0. The highest BCUT2D eigenvalue weighted by Gasteiger charge is 2.08. The molecular formula is C22H21N3O3S. The van der Waals surface area contributed by atoms with Crippen LogP contribution in [0.2, 0.25) is 0 Å². The molecule has 3 N–H and O–H groups in total. The zero-order valence-electron chi connectivity index (χ0n) is 15.8. The summed E-state index contributed by atoms with van der Waals surface area (Å²) in [6.07, 6.45) is 0. The minimum absolute atomic E-state index is 0.121. The van der Waals surface area contributed by atoms with Crippen LogP contribution in [0.25, 0.3) is 0 Å². The third kappa shape index (κ3) is 6.29. The molecule has 0 aliphatic carbocycles. The van der Waals surface area contributed by atoms with Crippen LogP contribution < -0.4 is 20.7 Å². The Labute approximate surface area is 173 Å². The molecule has 0 atom stereocenters. The molecule has 3 amide bonds. The number of nitrogens with one attached hydrogen (secondary N) is 3. The van der Waals surface area contributed by atoms with Gasteiger partial charge in [0.05, 0.1) is 18.6 Å². The number of carbonyl (C=O) groups excluding carboxylic acids is 2. The summed E-state index contributed by atoms with van der Waals surface area (Å²) in [6, 6.07) is 23.5. The molecule has 3 aromatic rings. The van der Waals surface area contributed by atoms with Crippen molar-refractivity contribution in [3.63, 3.8) is 0 Å². The summed E-state index contributed by atoms with van der Waals surface area (Å²) in [7, 11) is 1.56. The maximum Gasteiger partial charge on any atom is 0.323 e. The normalized spacial score (nSPS) is 10.1. The van der Waals surface area contributed by atoms with E-state index in [2.05, 4.69) is 16.0 Å². The number of amides is 3. The molecule has 3 aromatic carbocycles. The zero-order valence-corrected chi connectivity index (χ0v) is 16.7. The molecule has 0 radical (unpaired) electrons. The van der Waals surface area contributed by atoms with Gasteiger partial charge in [0.1, 0.15) is 5.75 Å². The first-order chi connectivity index (χ1) is 14.1. The van der Waals surface area contributed by atoms with E-state index in [1.165, 1.54) is 11.8 Å². The van der Waals surface area contributed by atoms with E-state index >= 15 is 0 Å². The highest BCUT2D eigenvalue weighted by atomic mass is 32.2. The first-order valence-corrected chi connectivity index (χ1v) is 9.91. The molecule has 0 saturated carbocycles. The summed E-state index contributed by atoms with van der Waals surface area (Å²) >= 11 is 1.41. The quantitative estimate of drug-likeness (QED) is 0.478. The number of urea groups is 1. The number of rotatable bonds is 7. The topological polar surface area (TPSA) is 79.5 Å². The van der Waals surface area contributed by atoms with Crippen molar-refractivity contribution in [3.8, 4) is 5.75 Å². The lowest BCUT2D eigenvalue weighted by Gasteiger charge is -2.10. The van der Waals surface area contributed by atoms with Crippen molar-refractivity contribution >= 4 is 40.8 Å². The van der Waals surface area contributed by atoms with Gasteiger partial charge in [0.15, 0.2) is 0 Å². The van der Waals surface area contributed by atoms with Gasteiger partial charge in [-0.2, -0.15) is 0 Å². The second kappa shape index (κ2) is 10.2. The average Bonchev–Trinajstić information content (AvgIpc) is 2.74. The van der Waals surface area contributed by atoms with E-state index in [4.69, 9.17) is 4.74 Å². The van der Waals surface area contributed by atoms with Gasteiger partial charge in [-0.05, 0) is 48.5 Å². The van der Waals surface area contributed by atoms with Crippen molar-refractivity contribution in [1.29, 1.82) is 0 Å². The van der Waals surface area contributed by atoms with Gasteiger partial charge in [-0.15, -0.1) is 11.8 Å². The van der Waals surface area contributed by atoms with Crippen LogP contribution in [-0.2, 0) is 4.79 Å². The predicted molar refractivity (Wildman–Crippen MR) is 118 cm³/mol. The average molecular weight is 407 g/mol. The summed E-state index contributed by atoms with van der Waals surface area (Å²) < 4.78 is 5.23. The van der Waals surface area contributed by atoms with Crippen LogP contribution in [0.15, 0.2) is 83.8 Å². The van der Waals surface area contributed by atoms with Crippen molar-refractivity contribution in [2.24, 2.45) is 0 Å². The molecule has 6 nitrogen and oxygen atoms in total. The number of thioether (sulfide) groups is 1. The van der Waals surface area contributed by atoms with E-state index < -0.39 is 0 Å². The standard InChI is InChI=1S/C22H21N3O3S/c1-28-20-10-6-5-9-19(20)25-21(26)15-29-18-13-11-17(12-14-18)24-22(27)23-16-7-3-2-4-8-16/h2-14H,15H2,1H3,(H,25,26)(H2,23,24,27). The number of benzene rings is 3. The van der Waals surface area contributed by atoms with Crippen molar-refractivity contribution in [2.75, 3.05) is 28.8 Å². The maximum absolute atomic E-state index is 12.2. The lowest BCUT2D eigenvalue weighted by atomic mass is 10.3. The number of ether oxygens (including phenoxy) is 1. The second-order valence-corrected chi connectivity index (χ2v) is 7.06. The van der Waals surface area contributed by atoms with Crippen LogP contribution in [0.5, 0.6) is 5.75 Å². The fourth-order valence-corrected chi connectivity index (χ4v) is 3.23. The van der Waals surface area contributed by atoms with Gasteiger partial charge in [-0.25, -0.2) is 4.79 Å². The molecule has 3 rings (SSSR count). The first kappa shape index (κ1) is 20.3. The number of para-hydroxylation sites is 3. The fourth-order valence-electron chi connectivity index (χ4n) is 2.53. The van der Waals surface area contributed by atoms with Gasteiger partial charge in [0.25, 0.3) is 0 Å². The Bertz CT molecular complexity index is 963. The summed E-state index contributed by atoms with van der Waals surface area (Å²) in [4.78, 5) is 25.1. The molecule has 148 valence electrons. The van der Waals surface area contributed by atoms with E-state index in [0.717, 1.165) is 10.6 Å². The van der Waals surface area contributed by atoms with Crippen LogP contribution in [0.1, 0.15) is 0 Å². The SMILES string of the molecule is COc1ccccc1NC(=O)CSc1ccc(NC(=O)Nc2ccccc2)cc1. The Kier molecular flexibility index (Phi) is 7.13. The van der Waals surface area contributed by atoms with Gasteiger partial charge in [-0.3, -0.25) is 4.79 Å². The molecular weight excluding hydrogens is 386 g/mol. The second-order valence-electron chi connectivity index (χ2n) is 6.01.